The summed E-state index contributed by atoms with van der Waals surface area (Å²) in [6.07, 6.45) is 0. The smallest absolute Gasteiger partial charge is 0.339 e. The van der Waals surface area contributed by atoms with E-state index >= 15 is 0 Å². The molecule has 2 aromatic rings. The first kappa shape index (κ1) is 25.4. The summed E-state index contributed by atoms with van der Waals surface area (Å²) < 4.78 is 10.2. The van der Waals surface area contributed by atoms with Crippen LogP contribution in [0.25, 0.3) is 0 Å². The van der Waals surface area contributed by atoms with Gasteiger partial charge in [0.25, 0.3) is 5.91 Å². The fourth-order valence-electron chi connectivity index (χ4n) is 2.87. The summed E-state index contributed by atoms with van der Waals surface area (Å²) in [5.74, 6) is -0.853. The van der Waals surface area contributed by atoms with Gasteiger partial charge in [-0.2, -0.15) is 0 Å². The van der Waals surface area contributed by atoms with Crippen LogP contribution in [0.2, 0.25) is 0 Å². The van der Waals surface area contributed by atoms with Gasteiger partial charge in [0.1, 0.15) is 0 Å². The van der Waals surface area contributed by atoms with Crippen molar-refractivity contribution in [3.05, 3.63) is 65.7 Å². The third-order valence-electron chi connectivity index (χ3n) is 4.56. The zero-order valence-electron chi connectivity index (χ0n) is 18.7. The number of carbonyl (C=O) groups is 3. The minimum absolute atomic E-state index is 0.0409. The summed E-state index contributed by atoms with van der Waals surface area (Å²) >= 11 is 1.24. The maximum Gasteiger partial charge on any atom is 0.339 e. The van der Waals surface area contributed by atoms with Crippen molar-refractivity contribution in [1.29, 1.82) is 0 Å². The van der Waals surface area contributed by atoms with Crippen LogP contribution in [0, 0.1) is 0 Å². The topological polar surface area (TPSA) is 84.9 Å². The molecule has 0 aliphatic rings. The Morgan fingerprint density at radius 2 is 1.72 bits per heavy atom. The van der Waals surface area contributed by atoms with Crippen molar-refractivity contribution in [2.75, 3.05) is 32.6 Å². The second-order valence-electron chi connectivity index (χ2n) is 7.30. The first-order valence-corrected chi connectivity index (χ1v) is 11.4. The van der Waals surface area contributed by atoms with Crippen LogP contribution in [0.4, 0.5) is 0 Å². The SMILES string of the molecule is COCCNC(=O)CSc1ccccc1C(=O)OCC(=O)N(Cc1ccccc1)C(C)C. The first-order valence-electron chi connectivity index (χ1n) is 10.4. The highest BCUT2D eigenvalue weighted by molar-refractivity contribution is 8.00. The van der Waals surface area contributed by atoms with Crippen LogP contribution in [0.1, 0.15) is 29.8 Å². The van der Waals surface area contributed by atoms with E-state index in [1.54, 1.807) is 36.3 Å². The Hall–Kier alpha value is -2.84. The molecular weight excluding hydrogens is 428 g/mol. The van der Waals surface area contributed by atoms with Gasteiger partial charge in [-0.15, -0.1) is 11.8 Å². The van der Waals surface area contributed by atoms with Crippen molar-refractivity contribution in [3.8, 4) is 0 Å². The third-order valence-corrected chi connectivity index (χ3v) is 5.63. The van der Waals surface area contributed by atoms with Gasteiger partial charge in [0.15, 0.2) is 6.61 Å². The van der Waals surface area contributed by atoms with Crippen LogP contribution in [0.3, 0.4) is 0 Å². The summed E-state index contributed by atoms with van der Waals surface area (Å²) in [5, 5.41) is 2.73. The molecule has 0 spiro atoms. The highest BCUT2D eigenvalue weighted by Crippen LogP contribution is 2.23. The average molecular weight is 459 g/mol. The zero-order valence-corrected chi connectivity index (χ0v) is 19.5. The Morgan fingerprint density at radius 1 is 1.03 bits per heavy atom. The maximum absolute atomic E-state index is 12.7. The van der Waals surface area contributed by atoms with Gasteiger partial charge in [-0.1, -0.05) is 42.5 Å². The second kappa shape index (κ2) is 13.5. The summed E-state index contributed by atoms with van der Waals surface area (Å²) in [5.41, 5.74) is 1.33. The normalized spacial score (nSPS) is 10.6. The van der Waals surface area contributed by atoms with E-state index in [-0.39, 0.29) is 30.2 Å². The van der Waals surface area contributed by atoms with Crippen molar-refractivity contribution < 1.29 is 23.9 Å². The Bertz CT molecular complexity index is 889. The summed E-state index contributed by atoms with van der Waals surface area (Å²) in [6.45, 7) is 4.81. The van der Waals surface area contributed by atoms with Crippen molar-refractivity contribution in [1.82, 2.24) is 10.2 Å². The molecule has 8 heteroatoms. The molecule has 2 rings (SSSR count). The van der Waals surface area contributed by atoms with Gasteiger partial charge < -0.3 is 19.7 Å². The monoisotopic (exact) mass is 458 g/mol. The van der Waals surface area contributed by atoms with E-state index < -0.39 is 5.97 Å². The molecule has 2 aromatic carbocycles. The van der Waals surface area contributed by atoms with Gasteiger partial charge in [0.2, 0.25) is 5.91 Å². The van der Waals surface area contributed by atoms with E-state index in [1.807, 2.05) is 44.2 Å². The van der Waals surface area contributed by atoms with Crippen molar-refractivity contribution in [2.24, 2.45) is 0 Å². The first-order chi connectivity index (χ1) is 15.4. The summed E-state index contributed by atoms with van der Waals surface area (Å²) in [6, 6.07) is 16.5. The number of nitrogens with zero attached hydrogens (tertiary/aromatic N) is 1. The lowest BCUT2D eigenvalue weighted by atomic mass is 10.2. The molecule has 0 aromatic heterocycles. The molecule has 1 N–H and O–H groups in total. The second-order valence-corrected chi connectivity index (χ2v) is 8.32. The molecule has 32 heavy (non-hydrogen) atoms. The Kier molecular flexibility index (Phi) is 10.8. The van der Waals surface area contributed by atoms with E-state index in [1.165, 1.54) is 11.8 Å². The fraction of sp³-hybridized carbons (Fsp3) is 0.375. The molecule has 0 fully saturated rings. The van der Waals surface area contributed by atoms with Crippen LogP contribution in [0.15, 0.2) is 59.5 Å². The molecule has 0 unspecified atom stereocenters. The molecule has 0 aliphatic carbocycles. The predicted molar refractivity (Wildman–Crippen MR) is 124 cm³/mol. The highest BCUT2D eigenvalue weighted by atomic mass is 32.2. The number of hydrogen-bond acceptors (Lipinski definition) is 6. The Balaban J connectivity index is 1.94. The zero-order chi connectivity index (χ0) is 23.3. The number of esters is 1. The van der Waals surface area contributed by atoms with Gasteiger partial charge in [-0.25, -0.2) is 4.79 Å². The molecular formula is C24H30N2O5S. The van der Waals surface area contributed by atoms with Crippen molar-refractivity contribution >= 4 is 29.5 Å². The molecule has 0 radical (unpaired) electrons. The Labute approximate surface area is 193 Å². The number of rotatable bonds is 12. The van der Waals surface area contributed by atoms with Gasteiger partial charge in [0.05, 0.1) is 17.9 Å². The molecule has 0 aliphatic heterocycles. The summed E-state index contributed by atoms with van der Waals surface area (Å²) in [7, 11) is 1.57. The number of nitrogens with one attached hydrogen (secondary N) is 1. The number of hydrogen-bond donors (Lipinski definition) is 1. The summed E-state index contributed by atoms with van der Waals surface area (Å²) in [4.78, 5) is 39.6. The van der Waals surface area contributed by atoms with E-state index in [2.05, 4.69) is 5.32 Å². The van der Waals surface area contributed by atoms with Crippen molar-refractivity contribution in [2.45, 2.75) is 31.3 Å². The lowest BCUT2D eigenvalue weighted by Gasteiger charge is -2.26. The van der Waals surface area contributed by atoms with E-state index in [0.29, 0.717) is 30.2 Å². The quantitative estimate of drug-likeness (QED) is 0.299. The van der Waals surface area contributed by atoms with Gasteiger partial charge >= 0.3 is 5.97 Å². The van der Waals surface area contributed by atoms with Crippen LogP contribution < -0.4 is 5.32 Å². The lowest BCUT2D eigenvalue weighted by molar-refractivity contribution is -0.137. The lowest BCUT2D eigenvalue weighted by Crippen LogP contribution is -2.39. The molecule has 0 saturated carbocycles. The molecule has 0 heterocycles. The number of methoxy groups -OCH3 is 1. The average Bonchev–Trinajstić information content (AvgIpc) is 2.80. The minimum atomic E-state index is -0.593. The fourth-order valence-corrected chi connectivity index (χ4v) is 3.75. The Morgan fingerprint density at radius 3 is 2.41 bits per heavy atom. The largest absolute Gasteiger partial charge is 0.452 e. The number of ether oxygens (including phenoxy) is 2. The number of benzene rings is 2. The van der Waals surface area contributed by atoms with Gasteiger partial charge in [-0.05, 0) is 31.5 Å². The van der Waals surface area contributed by atoms with E-state index in [0.717, 1.165) is 5.56 Å². The standard InChI is InChI=1S/C24H30N2O5S/c1-18(2)26(15-19-9-5-4-6-10-19)23(28)16-31-24(29)20-11-7-8-12-21(20)32-17-22(27)25-13-14-30-3/h4-12,18H,13-17H2,1-3H3,(H,25,27). The highest BCUT2D eigenvalue weighted by Gasteiger charge is 2.21. The predicted octanol–water partition coefficient (Wildman–Crippen LogP) is 3.14. The number of carbonyl (C=O) groups excluding carboxylic acids is 3. The van der Waals surface area contributed by atoms with Crippen LogP contribution in [0.5, 0.6) is 0 Å². The molecule has 2 amide bonds. The number of thioether (sulfide) groups is 1. The van der Waals surface area contributed by atoms with Gasteiger partial charge in [0, 0.05) is 31.1 Å². The molecule has 0 bridgehead atoms. The van der Waals surface area contributed by atoms with E-state index in [9.17, 15) is 14.4 Å². The molecule has 0 atom stereocenters. The molecule has 0 saturated heterocycles. The maximum atomic E-state index is 12.7. The molecule has 7 nitrogen and oxygen atoms in total. The van der Waals surface area contributed by atoms with Crippen LogP contribution in [-0.2, 0) is 25.6 Å². The number of amides is 2. The molecule has 172 valence electrons. The third kappa shape index (κ3) is 8.36. The minimum Gasteiger partial charge on any atom is -0.452 e. The van der Waals surface area contributed by atoms with Crippen LogP contribution in [-0.4, -0.2) is 61.3 Å². The van der Waals surface area contributed by atoms with Crippen molar-refractivity contribution in [3.63, 3.8) is 0 Å². The van der Waals surface area contributed by atoms with Gasteiger partial charge in [-0.3, -0.25) is 9.59 Å². The van der Waals surface area contributed by atoms with E-state index in [4.69, 9.17) is 9.47 Å². The van der Waals surface area contributed by atoms with Crippen LogP contribution >= 0.6 is 11.8 Å².